The van der Waals surface area contributed by atoms with Crippen molar-refractivity contribution in [3.63, 3.8) is 0 Å². The average molecular weight is 205 g/mol. The maximum atomic E-state index is 4.34. The van der Waals surface area contributed by atoms with E-state index in [1.165, 1.54) is 18.4 Å². The van der Waals surface area contributed by atoms with E-state index in [0.29, 0.717) is 0 Å². The largest absolute Gasteiger partial charge is 0.370 e. The molecule has 1 fully saturated rings. The first-order valence-electron chi connectivity index (χ1n) is 5.72. The molecule has 2 N–H and O–H groups in total. The Kier molecular flexibility index (Phi) is 3.56. The Morgan fingerprint density at radius 1 is 1.47 bits per heavy atom. The maximum Gasteiger partial charge on any atom is 0.128 e. The number of nitrogens with one attached hydrogen (secondary N) is 2. The average Bonchev–Trinajstić information content (AvgIpc) is 2.29. The van der Waals surface area contributed by atoms with Gasteiger partial charge in [-0.3, -0.25) is 0 Å². The lowest BCUT2D eigenvalue weighted by Crippen LogP contribution is -2.31. The lowest BCUT2D eigenvalue weighted by Gasteiger charge is -2.23. The summed E-state index contributed by atoms with van der Waals surface area (Å²) in [5.41, 5.74) is 1.23. The second-order valence-corrected chi connectivity index (χ2v) is 4.24. The van der Waals surface area contributed by atoms with Crippen LogP contribution in [0.25, 0.3) is 0 Å². The molecule has 0 bridgehead atoms. The summed E-state index contributed by atoms with van der Waals surface area (Å²) in [5.74, 6) is 1.84. The summed E-state index contributed by atoms with van der Waals surface area (Å²) in [7, 11) is 0. The van der Waals surface area contributed by atoms with Gasteiger partial charge in [-0.1, -0.05) is 6.07 Å². The minimum atomic E-state index is 0.799. The third kappa shape index (κ3) is 2.93. The molecule has 0 saturated carbocycles. The van der Waals surface area contributed by atoms with Crippen molar-refractivity contribution in [3.8, 4) is 0 Å². The quantitative estimate of drug-likeness (QED) is 0.790. The molecule has 0 radical (unpaired) electrons. The third-order valence-corrected chi connectivity index (χ3v) is 3.03. The predicted molar refractivity (Wildman–Crippen MR) is 63.1 cm³/mol. The van der Waals surface area contributed by atoms with Gasteiger partial charge in [0.2, 0.25) is 0 Å². The fraction of sp³-hybridized carbons (Fsp3) is 0.583. The van der Waals surface area contributed by atoms with Gasteiger partial charge in [-0.2, -0.15) is 0 Å². The summed E-state index contributed by atoms with van der Waals surface area (Å²) in [5, 5.41) is 6.82. The van der Waals surface area contributed by atoms with Gasteiger partial charge in [0.15, 0.2) is 0 Å². The predicted octanol–water partition coefficient (Wildman–Crippen LogP) is 1.80. The van der Waals surface area contributed by atoms with Crippen molar-refractivity contribution in [1.29, 1.82) is 0 Å². The van der Waals surface area contributed by atoms with E-state index in [4.69, 9.17) is 0 Å². The molecule has 0 aliphatic carbocycles. The van der Waals surface area contributed by atoms with Crippen LogP contribution < -0.4 is 10.6 Å². The van der Waals surface area contributed by atoms with Crippen molar-refractivity contribution in [1.82, 2.24) is 10.3 Å². The molecule has 0 aromatic carbocycles. The molecule has 1 aliphatic heterocycles. The van der Waals surface area contributed by atoms with E-state index in [-0.39, 0.29) is 0 Å². The normalized spacial score (nSPS) is 17.7. The van der Waals surface area contributed by atoms with Gasteiger partial charge in [-0.25, -0.2) is 4.98 Å². The molecule has 0 unspecified atom stereocenters. The topological polar surface area (TPSA) is 37.0 Å². The van der Waals surface area contributed by atoms with Crippen molar-refractivity contribution < 1.29 is 0 Å². The zero-order valence-electron chi connectivity index (χ0n) is 9.29. The summed E-state index contributed by atoms with van der Waals surface area (Å²) >= 11 is 0. The van der Waals surface area contributed by atoms with Crippen LogP contribution in [0.4, 0.5) is 5.82 Å². The van der Waals surface area contributed by atoms with Crippen LogP contribution in [0.3, 0.4) is 0 Å². The van der Waals surface area contributed by atoms with Crippen LogP contribution in [-0.4, -0.2) is 24.6 Å². The molecule has 1 aromatic rings. The number of pyridine rings is 1. The number of aromatic nitrogens is 1. The second kappa shape index (κ2) is 5.12. The monoisotopic (exact) mass is 205 g/mol. The van der Waals surface area contributed by atoms with Crippen LogP contribution in [0.15, 0.2) is 18.3 Å². The van der Waals surface area contributed by atoms with Gasteiger partial charge in [-0.05, 0) is 50.4 Å². The number of rotatable bonds is 3. The van der Waals surface area contributed by atoms with E-state index in [1.807, 2.05) is 12.3 Å². The maximum absolute atomic E-state index is 4.34. The Morgan fingerprint density at radius 2 is 2.27 bits per heavy atom. The van der Waals surface area contributed by atoms with Crippen molar-refractivity contribution in [2.24, 2.45) is 5.92 Å². The van der Waals surface area contributed by atoms with Gasteiger partial charge in [0, 0.05) is 12.7 Å². The molecule has 1 saturated heterocycles. The zero-order chi connectivity index (χ0) is 10.5. The smallest absolute Gasteiger partial charge is 0.128 e. The minimum absolute atomic E-state index is 0.799. The highest BCUT2D eigenvalue weighted by atomic mass is 15.0. The minimum Gasteiger partial charge on any atom is -0.370 e. The molecule has 0 atom stereocenters. The Labute approximate surface area is 91.3 Å². The molecule has 1 aliphatic rings. The second-order valence-electron chi connectivity index (χ2n) is 4.24. The first-order chi connectivity index (χ1) is 7.36. The Morgan fingerprint density at radius 3 is 3.00 bits per heavy atom. The van der Waals surface area contributed by atoms with E-state index >= 15 is 0 Å². The number of piperidine rings is 1. The number of nitrogens with zero attached hydrogens (tertiary/aromatic N) is 1. The SMILES string of the molecule is Cc1cccnc1NCC1CCNCC1. The van der Waals surface area contributed by atoms with Gasteiger partial charge in [-0.15, -0.1) is 0 Å². The van der Waals surface area contributed by atoms with E-state index in [1.54, 1.807) is 0 Å². The van der Waals surface area contributed by atoms with Gasteiger partial charge in [0.1, 0.15) is 5.82 Å². The lowest BCUT2D eigenvalue weighted by molar-refractivity contribution is 0.389. The van der Waals surface area contributed by atoms with E-state index < -0.39 is 0 Å². The summed E-state index contributed by atoms with van der Waals surface area (Å²) in [6.07, 6.45) is 4.40. The fourth-order valence-corrected chi connectivity index (χ4v) is 2.00. The lowest BCUT2D eigenvalue weighted by atomic mass is 9.98. The highest BCUT2D eigenvalue weighted by Crippen LogP contribution is 2.14. The van der Waals surface area contributed by atoms with Crippen LogP contribution in [0, 0.1) is 12.8 Å². The van der Waals surface area contributed by atoms with Crippen LogP contribution in [0.1, 0.15) is 18.4 Å². The fourth-order valence-electron chi connectivity index (χ4n) is 2.00. The van der Waals surface area contributed by atoms with Crippen molar-refractivity contribution in [2.45, 2.75) is 19.8 Å². The van der Waals surface area contributed by atoms with Crippen molar-refractivity contribution >= 4 is 5.82 Å². The summed E-state index contributed by atoms with van der Waals surface area (Å²) in [6.45, 7) is 5.47. The van der Waals surface area contributed by atoms with Crippen molar-refractivity contribution in [2.75, 3.05) is 25.0 Å². The Hall–Kier alpha value is -1.09. The molecule has 2 rings (SSSR count). The van der Waals surface area contributed by atoms with Gasteiger partial charge < -0.3 is 10.6 Å². The highest BCUT2D eigenvalue weighted by Gasteiger charge is 2.12. The molecule has 0 spiro atoms. The van der Waals surface area contributed by atoms with Crippen LogP contribution >= 0.6 is 0 Å². The molecule has 3 nitrogen and oxygen atoms in total. The van der Waals surface area contributed by atoms with Crippen LogP contribution in [0.5, 0.6) is 0 Å². The first-order valence-corrected chi connectivity index (χ1v) is 5.72. The third-order valence-electron chi connectivity index (χ3n) is 3.03. The Bertz CT molecular complexity index is 305. The van der Waals surface area contributed by atoms with Gasteiger partial charge in [0.25, 0.3) is 0 Å². The molecule has 1 aromatic heterocycles. The standard InChI is InChI=1S/C12H19N3/c1-10-3-2-6-14-12(10)15-9-11-4-7-13-8-5-11/h2-3,6,11,13H,4-5,7-9H2,1H3,(H,14,15). The van der Waals surface area contributed by atoms with Gasteiger partial charge in [0.05, 0.1) is 0 Å². The van der Waals surface area contributed by atoms with Crippen LogP contribution in [0.2, 0.25) is 0 Å². The summed E-state index contributed by atoms with van der Waals surface area (Å²) in [4.78, 5) is 4.34. The molecule has 82 valence electrons. The molecule has 2 heterocycles. The number of aryl methyl sites for hydroxylation is 1. The molecular weight excluding hydrogens is 186 g/mol. The van der Waals surface area contributed by atoms with Crippen molar-refractivity contribution in [3.05, 3.63) is 23.9 Å². The van der Waals surface area contributed by atoms with E-state index in [2.05, 4.69) is 28.6 Å². The van der Waals surface area contributed by atoms with Gasteiger partial charge >= 0.3 is 0 Å². The number of hydrogen-bond acceptors (Lipinski definition) is 3. The molecule has 15 heavy (non-hydrogen) atoms. The number of anilines is 1. The van der Waals surface area contributed by atoms with E-state index in [9.17, 15) is 0 Å². The number of hydrogen-bond donors (Lipinski definition) is 2. The van der Waals surface area contributed by atoms with E-state index in [0.717, 1.165) is 31.4 Å². The first kappa shape index (κ1) is 10.4. The molecular formula is C12H19N3. The zero-order valence-corrected chi connectivity index (χ0v) is 9.29. The molecule has 0 amide bonds. The summed E-state index contributed by atoms with van der Waals surface area (Å²) < 4.78 is 0. The summed E-state index contributed by atoms with van der Waals surface area (Å²) in [6, 6.07) is 4.07. The van der Waals surface area contributed by atoms with Crippen LogP contribution in [-0.2, 0) is 0 Å². The highest BCUT2D eigenvalue weighted by molar-refractivity contribution is 5.42. The Balaban J connectivity index is 1.84. The molecule has 3 heteroatoms.